The molecular formula is C31H14F6O4S6. The Labute approximate surface area is 284 Å². The molecule has 0 aliphatic heterocycles. The molecule has 1 aliphatic rings. The minimum Gasteiger partial charge on any atom is -0.477 e. The number of hydrogen-bond acceptors (Lipinski definition) is 8. The summed E-state index contributed by atoms with van der Waals surface area (Å²) in [4.78, 5) is 25.0. The van der Waals surface area contributed by atoms with Crippen LogP contribution < -0.4 is 0 Å². The summed E-state index contributed by atoms with van der Waals surface area (Å²) in [6.07, 6.45) is 0. The molecule has 0 fully saturated rings. The van der Waals surface area contributed by atoms with E-state index in [1.807, 2.05) is 0 Å². The standard InChI is InChI=1S/C31H14F6O4S6/c32-29(33)23(13-11-21(15-5-7-19(44-15)27(38)39)46-25(13)17-3-1-9-42-17)24(30(34,35)31(29,36)37)14-12-22(16-6-8-20(45-16)28(40)41)47-26(14)18-4-2-10-43-18/h1-12H,(H,38,39)(H,40,41). The van der Waals surface area contributed by atoms with E-state index < -0.39 is 52.0 Å². The molecule has 0 spiro atoms. The number of hydrogen-bond donors (Lipinski definition) is 2. The smallest absolute Gasteiger partial charge is 0.380 e. The summed E-state index contributed by atoms with van der Waals surface area (Å²) < 4.78 is 95.5. The molecule has 6 aromatic heterocycles. The molecular weight excluding hydrogens is 743 g/mol. The first-order valence-corrected chi connectivity index (χ1v) is 18.2. The van der Waals surface area contributed by atoms with Gasteiger partial charge in [0.1, 0.15) is 9.75 Å². The second kappa shape index (κ2) is 11.3. The SMILES string of the molecule is O=C(O)c1ccc(-c2cc(C3=C(c4cc(-c5ccc(C(=O)O)s5)sc4-c4cccs4)C(F)(F)C(F)(F)C3(F)F)c(-c3cccs3)s2)s1. The van der Waals surface area contributed by atoms with Crippen molar-refractivity contribution in [2.24, 2.45) is 0 Å². The summed E-state index contributed by atoms with van der Waals surface area (Å²) in [5, 5.41) is 22.1. The zero-order valence-electron chi connectivity index (χ0n) is 22.9. The average molecular weight is 757 g/mol. The van der Waals surface area contributed by atoms with Gasteiger partial charge in [0.05, 0.1) is 9.75 Å². The maximum absolute atomic E-state index is 16.1. The van der Waals surface area contributed by atoms with E-state index in [0.29, 0.717) is 19.5 Å². The highest BCUT2D eigenvalue weighted by atomic mass is 32.1. The molecule has 0 saturated heterocycles. The number of carboxylic acid groups (broad SMARTS) is 2. The normalized spacial score (nSPS) is 16.6. The molecule has 0 radical (unpaired) electrons. The summed E-state index contributed by atoms with van der Waals surface area (Å²) >= 11 is 5.70. The van der Waals surface area contributed by atoms with Gasteiger partial charge in [-0.2, -0.15) is 26.3 Å². The van der Waals surface area contributed by atoms with E-state index in [-0.39, 0.29) is 29.3 Å². The molecule has 240 valence electrons. The lowest BCUT2D eigenvalue weighted by molar-refractivity contribution is -0.254. The number of allylic oxidation sites excluding steroid dienone is 2. The minimum absolute atomic E-state index is 0.0529. The molecule has 2 N–H and O–H groups in total. The Morgan fingerprint density at radius 2 is 0.936 bits per heavy atom. The monoisotopic (exact) mass is 756 g/mol. The van der Waals surface area contributed by atoms with Crippen LogP contribution >= 0.6 is 68.0 Å². The third-order valence-electron chi connectivity index (χ3n) is 7.28. The van der Waals surface area contributed by atoms with Crippen LogP contribution in [-0.4, -0.2) is 39.9 Å². The molecule has 16 heteroatoms. The van der Waals surface area contributed by atoms with Crippen LogP contribution in [0.4, 0.5) is 26.3 Å². The molecule has 0 bridgehead atoms. The van der Waals surface area contributed by atoms with E-state index in [1.165, 1.54) is 24.3 Å². The minimum atomic E-state index is -5.81. The molecule has 0 saturated carbocycles. The molecule has 6 heterocycles. The van der Waals surface area contributed by atoms with Crippen LogP contribution in [0.5, 0.6) is 0 Å². The molecule has 0 unspecified atom stereocenters. The number of thiophene rings is 6. The van der Waals surface area contributed by atoms with E-state index in [0.717, 1.165) is 80.2 Å². The van der Waals surface area contributed by atoms with Gasteiger partial charge in [-0.3, -0.25) is 0 Å². The lowest BCUT2D eigenvalue weighted by Gasteiger charge is -2.25. The van der Waals surface area contributed by atoms with Crippen LogP contribution in [0, 0.1) is 0 Å². The van der Waals surface area contributed by atoms with E-state index in [2.05, 4.69) is 0 Å². The summed E-state index contributed by atoms with van der Waals surface area (Å²) in [7, 11) is 0. The van der Waals surface area contributed by atoms with Crippen molar-refractivity contribution in [2.75, 3.05) is 0 Å². The van der Waals surface area contributed by atoms with Crippen LogP contribution in [0.2, 0.25) is 0 Å². The van der Waals surface area contributed by atoms with Gasteiger partial charge >= 0.3 is 29.7 Å². The maximum atomic E-state index is 16.1. The van der Waals surface area contributed by atoms with E-state index in [4.69, 9.17) is 0 Å². The zero-order chi connectivity index (χ0) is 33.5. The lowest BCUT2D eigenvalue weighted by atomic mass is 9.94. The highest BCUT2D eigenvalue weighted by molar-refractivity contribution is 7.27. The van der Waals surface area contributed by atoms with Crippen molar-refractivity contribution in [3.8, 4) is 39.0 Å². The first-order chi connectivity index (χ1) is 22.2. The Morgan fingerprint density at radius 3 is 1.26 bits per heavy atom. The molecule has 1 aliphatic carbocycles. The second-order valence-electron chi connectivity index (χ2n) is 10.1. The predicted octanol–water partition coefficient (Wildman–Crippen LogP) is 12.0. The van der Waals surface area contributed by atoms with Crippen molar-refractivity contribution in [1.29, 1.82) is 0 Å². The number of carbonyl (C=O) groups is 2. The van der Waals surface area contributed by atoms with Gasteiger partial charge in [-0.1, -0.05) is 12.1 Å². The van der Waals surface area contributed by atoms with Gasteiger partial charge in [0.2, 0.25) is 0 Å². The summed E-state index contributed by atoms with van der Waals surface area (Å²) in [6.45, 7) is 0. The maximum Gasteiger partial charge on any atom is 0.380 e. The first kappa shape index (κ1) is 32.0. The number of rotatable bonds is 8. The molecule has 6 aromatic rings. The van der Waals surface area contributed by atoms with Crippen molar-refractivity contribution < 1.29 is 46.1 Å². The Kier molecular flexibility index (Phi) is 7.68. The third kappa shape index (κ3) is 4.95. The number of aromatic carboxylic acids is 2. The molecule has 0 atom stereocenters. The fourth-order valence-corrected chi connectivity index (χ4v) is 11.1. The molecule has 7 rings (SSSR count). The topological polar surface area (TPSA) is 74.6 Å². The summed E-state index contributed by atoms with van der Waals surface area (Å²) in [5.74, 6) is -18.9. The zero-order valence-corrected chi connectivity index (χ0v) is 27.8. The van der Waals surface area contributed by atoms with Gasteiger partial charge in [-0.05, 0) is 59.3 Å². The van der Waals surface area contributed by atoms with Crippen LogP contribution in [0.1, 0.15) is 30.5 Å². The quantitative estimate of drug-likeness (QED) is 0.152. The number of halogens is 6. The average Bonchev–Trinajstić information content (AvgIpc) is 3.86. The molecule has 4 nitrogen and oxygen atoms in total. The van der Waals surface area contributed by atoms with E-state index in [1.54, 1.807) is 35.0 Å². The van der Waals surface area contributed by atoms with Gasteiger partial charge in [0, 0.05) is 51.5 Å². The van der Waals surface area contributed by atoms with Gasteiger partial charge < -0.3 is 10.2 Å². The van der Waals surface area contributed by atoms with E-state index >= 15 is 26.3 Å². The Bertz CT molecular complexity index is 2050. The van der Waals surface area contributed by atoms with Crippen molar-refractivity contribution in [2.45, 2.75) is 17.8 Å². The molecule has 47 heavy (non-hydrogen) atoms. The first-order valence-electron chi connectivity index (χ1n) is 13.1. The van der Waals surface area contributed by atoms with Gasteiger partial charge in [-0.25, -0.2) is 9.59 Å². The fourth-order valence-electron chi connectivity index (χ4n) is 5.18. The summed E-state index contributed by atoms with van der Waals surface area (Å²) in [6, 6.07) is 14.1. The fraction of sp³-hybridized carbons (Fsp3) is 0.0968. The highest BCUT2D eigenvalue weighted by Crippen LogP contribution is 2.67. The number of alkyl halides is 6. The largest absolute Gasteiger partial charge is 0.477 e. The van der Waals surface area contributed by atoms with Crippen LogP contribution in [0.3, 0.4) is 0 Å². The van der Waals surface area contributed by atoms with Crippen molar-refractivity contribution in [3.63, 3.8) is 0 Å². The predicted molar refractivity (Wildman–Crippen MR) is 177 cm³/mol. The molecule has 0 amide bonds. The van der Waals surface area contributed by atoms with Crippen LogP contribution in [0.25, 0.3) is 50.2 Å². The van der Waals surface area contributed by atoms with E-state index in [9.17, 15) is 19.8 Å². The van der Waals surface area contributed by atoms with Crippen molar-refractivity contribution in [3.05, 3.63) is 92.3 Å². The lowest BCUT2D eigenvalue weighted by Crippen LogP contribution is -2.48. The van der Waals surface area contributed by atoms with Crippen LogP contribution in [-0.2, 0) is 0 Å². The van der Waals surface area contributed by atoms with Crippen molar-refractivity contribution in [1.82, 2.24) is 0 Å². The third-order valence-corrected chi connectivity index (χ3v) is 14.2. The highest BCUT2D eigenvalue weighted by Gasteiger charge is 2.80. The number of carboxylic acids is 2. The van der Waals surface area contributed by atoms with Gasteiger partial charge in [-0.15, -0.1) is 68.0 Å². The Morgan fingerprint density at radius 1 is 0.532 bits per heavy atom. The van der Waals surface area contributed by atoms with Crippen molar-refractivity contribution >= 4 is 91.1 Å². The molecule has 0 aromatic carbocycles. The van der Waals surface area contributed by atoms with Gasteiger partial charge in [0.15, 0.2) is 0 Å². The van der Waals surface area contributed by atoms with Gasteiger partial charge in [0.25, 0.3) is 0 Å². The Balaban J connectivity index is 1.55. The van der Waals surface area contributed by atoms with Crippen LogP contribution in [0.15, 0.2) is 71.4 Å². The summed E-state index contributed by atoms with van der Waals surface area (Å²) in [5.41, 5.74) is -4.06. The Hall–Kier alpha value is -3.54. The second-order valence-corrected chi connectivity index (χ2v) is 16.2.